The Morgan fingerprint density at radius 3 is 1.06 bits per heavy atom. The van der Waals surface area contributed by atoms with Gasteiger partial charge < -0.3 is 9.97 Å². The number of benzene rings is 4. The predicted octanol–water partition coefficient (Wildman–Crippen LogP) is 13.9. The largest absolute Gasteiger partial charge is 0.355 e. The Labute approximate surface area is 382 Å². The zero-order chi connectivity index (χ0) is 49.3. The van der Waals surface area contributed by atoms with Gasteiger partial charge in [-0.2, -0.15) is 0 Å². The molecule has 9 rings (SSSR count). The van der Waals surface area contributed by atoms with Crippen LogP contribution < -0.4 is 0 Å². The van der Waals surface area contributed by atoms with E-state index < -0.39 is 189 Å². The van der Waals surface area contributed by atoms with Crippen molar-refractivity contribution in [3.05, 3.63) is 175 Å². The fraction of sp³-hybridized carbons (Fsp3) is 0. The summed E-state index contributed by atoms with van der Waals surface area (Å²) in [5.74, 6) is -58.8. The Kier molecular flexibility index (Phi) is 11.9. The summed E-state index contributed by atoms with van der Waals surface area (Å²) in [6, 6.07) is 5.11. The number of aromatic amines is 2. The molecule has 0 unspecified atom stereocenters. The molecule has 2 N–H and O–H groups in total. The minimum absolute atomic E-state index is 0. The molecule has 0 atom stereocenters. The first-order valence-corrected chi connectivity index (χ1v) is 18.3. The molecule has 7 aromatic rings. The smallest absolute Gasteiger partial charge is 0.200 e. The van der Waals surface area contributed by atoms with Crippen molar-refractivity contribution in [3.63, 3.8) is 0 Å². The average Bonchev–Trinajstić information content (AvgIpc) is 4.13. The number of fused-ring (bicyclic) bond motifs is 8. The van der Waals surface area contributed by atoms with Crippen LogP contribution in [0.2, 0.25) is 0 Å². The van der Waals surface area contributed by atoms with Crippen LogP contribution in [0.1, 0.15) is 28.3 Å². The van der Waals surface area contributed by atoms with E-state index in [1.807, 2.05) is 4.98 Å². The third kappa shape index (κ3) is 7.20. The van der Waals surface area contributed by atoms with Gasteiger partial charge in [0, 0.05) is 59.9 Å². The Bertz CT molecular complexity index is 3590. The van der Waals surface area contributed by atoms with Crippen LogP contribution in [0.4, 0.5) is 87.8 Å². The molecule has 0 saturated heterocycles. The van der Waals surface area contributed by atoms with E-state index in [2.05, 4.69) is 15.0 Å². The summed E-state index contributed by atoms with van der Waals surface area (Å²) in [6.45, 7) is 0. The molecule has 2 aliphatic rings. The van der Waals surface area contributed by atoms with Gasteiger partial charge in [0.1, 0.15) is 0 Å². The van der Waals surface area contributed by atoms with Crippen molar-refractivity contribution >= 4 is 45.9 Å². The number of hydrogen-bond acceptors (Lipinski definition) is 2. The monoisotopic (exact) mass is 1170 g/mol. The second-order valence-corrected chi connectivity index (χ2v) is 14.4. The molecule has 0 spiro atoms. The first kappa shape index (κ1) is 48.2. The van der Waals surface area contributed by atoms with Crippen LogP contribution in [-0.4, -0.2) is 19.9 Å². The summed E-state index contributed by atoms with van der Waals surface area (Å²) < 4.78 is 310. The summed E-state index contributed by atoms with van der Waals surface area (Å²) in [5, 5.41) is 0. The zero-order valence-corrected chi connectivity index (χ0v) is 34.7. The molecule has 4 nitrogen and oxygen atoms in total. The number of hydrogen-bond donors (Lipinski definition) is 2. The van der Waals surface area contributed by atoms with E-state index in [0.717, 1.165) is 12.1 Å². The zero-order valence-electron chi connectivity index (χ0n) is 32.4. The first-order valence-electron chi connectivity index (χ1n) is 18.3. The predicted molar refractivity (Wildman–Crippen MR) is 199 cm³/mol. The molecule has 8 bridgehead atoms. The maximum absolute atomic E-state index is 16.4. The summed E-state index contributed by atoms with van der Waals surface area (Å²) in [4.78, 5) is 12.7. The van der Waals surface area contributed by atoms with Crippen LogP contribution >= 0.6 is 0 Å². The molecular formula is C44H10F20N4Pt. The maximum Gasteiger partial charge on any atom is 0.200 e. The van der Waals surface area contributed by atoms with Crippen molar-refractivity contribution in [2.75, 3.05) is 0 Å². The topological polar surface area (TPSA) is 57.4 Å². The van der Waals surface area contributed by atoms with Gasteiger partial charge in [0.25, 0.3) is 0 Å². The third-order valence-corrected chi connectivity index (χ3v) is 10.5. The van der Waals surface area contributed by atoms with E-state index in [0.29, 0.717) is 12.1 Å². The minimum atomic E-state index is -3.05. The third-order valence-electron chi connectivity index (χ3n) is 10.5. The van der Waals surface area contributed by atoms with E-state index in [-0.39, 0.29) is 37.8 Å². The molecule has 0 fully saturated rings. The van der Waals surface area contributed by atoms with E-state index in [4.69, 9.17) is 0 Å². The molecule has 3 aromatic heterocycles. The average molecular weight is 1170 g/mol. The minimum Gasteiger partial charge on any atom is -0.355 e. The standard InChI is InChI=1S/C44H10F20N4.Pt/c45-23-16(24(46)32(54)39(61)31(23)53)14-7-13-6-11-2-1-9(65-11)5-10-3-4-12(66-10)8-15-17(19-25(47)33(55)40(62)34(56)26(19)48)18(20-27(49)35(57)41(63)36(58)28(20)50)44(68-15)22(43(14)67-13)21-29(51)37(59)42(64)38(60)30(21)52;/h1-8,65,68H;. The van der Waals surface area contributed by atoms with Gasteiger partial charge in [-0.05, 0) is 48.6 Å². The van der Waals surface area contributed by atoms with Gasteiger partial charge in [0.05, 0.1) is 50.5 Å². The van der Waals surface area contributed by atoms with Crippen molar-refractivity contribution in [1.82, 2.24) is 19.9 Å². The fourth-order valence-corrected chi connectivity index (χ4v) is 7.51. The van der Waals surface area contributed by atoms with Crippen LogP contribution in [0.25, 0.3) is 79.2 Å². The Morgan fingerprint density at radius 2 is 0.638 bits per heavy atom. The van der Waals surface area contributed by atoms with Crippen LogP contribution in [-0.2, 0) is 21.1 Å². The maximum atomic E-state index is 16.4. The van der Waals surface area contributed by atoms with Crippen molar-refractivity contribution in [1.29, 1.82) is 0 Å². The van der Waals surface area contributed by atoms with Gasteiger partial charge in [-0.15, -0.1) is 0 Å². The van der Waals surface area contributed by atoms with E-state index in [1.54, 1.807) is 0 Å². The van der Waals surface area contributed by atoms with Crippen molar-refractivity contribution < 1.29 is 109 Å². The van der Waals surface area contributed by atoms with Crippen LogP contribution in [0, 0.1) is 116 Å². The molecule has 25 heteroatoms. The Hall–Kier alpha value is -7.23. The van der Waals surface area contributed by atoms with Gasteiger partial charge in [-0.3, -0.25) is 0 Å². The van der Waals surface area contributed by atoms with Crippen LogP contribution in [0.3, 0.4) is 0 Å². The number of nitrogens with zero attached hydrogens (tertiary/aromatic N) is 2. The molecule has 0 radical (unpaired) electrons. The molecule has 0 aliphatic carbocycles. The van der Waals surface area contributed by atoms with E-state index >= 15 is 61.5 Å². The summed E-state index contributed by atoms with van der Waals surface area (Å²) in [7, 11) is 0. The molecule has 2 aliphatic heterocycles. The van der Waals surface area contributed by atoms with E-state index in [1.165, 1.54) is 24.3 Å². The van der Waals surface area contributed by atoms with Gasteiger partial charge in [0.15, 0.2) is 93.1 Å². The number of halogens is 20. The number of rotatable bonds is 4. The summed E-state index contributed by atoms with van der Waals surface area (Å²) in [5.41, 5.74) is -24.0. The number of aromatic nitrogens is 4. The van der Waals surface area contributed by atoms with Crippen LogP contribution in [0.15, 0.2) is 30.3 Å². The van der Waals surface area contributed by atoms with Gasteiger partial charge in [-0.1, -0.05) is 0 Å². The molecule has 5 heterocycles. The van der Waals surface area contributed by atoms with Crippen molar-refractivity contribution in [2.24, 2.45) is 0 Å². The molecule has 4 aromatic carbocycles. The number of nitrogens with one attached hydrogen (secondary N) is 2. The normalized spacial score (nSPS) is 12.3. The summed E-state index contributed by atoms with van der Waals surface area (Å²) in [6.07, 6.45) is 2.52. The Morgan fingerprint density at radius 1 is 0.304 bits per heavy atom. The van der Waals surface area contributed by atoms with Gasteiger partial charge >= 0.3 is 0 Å². The molecule has 69 heavy (non-hydrogen) atoms. The molecule has 0 saturated carbocycles. The first-order chi connectivity index (χ1) is 32.0. The molecule has 356 valence electrons. The molecular weight excluding hydrogens is 1160 g/mol. The van der Waals surface area contributed by atoms with Crippen LogP contribution in [0.5, 0.6) is 0 Å². The Balaban J connectivity index is 0.00000642. The van der Waals surface area contributed by atoms with E-state index in [9.17, 15) is 26.3 Å². The quantitative estimate of drug-likeness (QED) is 0.105. The van der Waals surface area contributed by atoms with Crippen molar-refractivity contribution in [3.8, 4) is 33.4 Å². The number of H-pyrrole nitrogens is 2. The second kappa shape index (κ2) is 17.1. The van der Waals surface area contributed by atoms with Gasteiger partial charge in [0.2, 0.25) is 23.3 Å². The van der Waals surface area contributed by atoms with Gasteiger partial charge in [-0.25, -0.2) is 97.8 Å². The SMILES string of the molecule is Fc1c(F)c(F)c(C2=Cc3cc4ccc(cc5nc(cc6[nH]c(c(-c7c(F)c(F)c(F)c(F)c7F)c2n3)c(-c2c(F)c(F)c(F)c(F)c2F)c6-c2c(F)c(F)c(F)c(F)c2F)C=C5)[nH]4)c(F)c1F.[Pt]. The second-order valence-electron chi connectivity index (χ2n) is 14.4. The molecule has 0 amide bonds. The summed E-state index contributed by atoms with van der Waals surface area (Å²) >= 11 is 0. The van der Waals surface area contributed by atoms with Crippen molar-refractivity contribution in [2.45, 2.75) is 0 Å². The fourth-order valence-electron chi connectivity index (χ4n) is 7.51.